The molecular formula is C14H15N5O3. The fourth-order valence-corrected chi connectivity index (χ4v) is 1.96. The van der Waals surface area contributed by atoms with E-state index in [1.54, 1.807) is 24.5 Å². The molecule has 8 nitrogen and oxygen atoms in total. The zero-order valence-electron chi connectivity index (χ0n) is 12.0. The molecule has 0 atom stereocenters. The van der Waals surface area contributed by atoms with Crippen molar-refractivity contribution in [3.8, 4) is 11.6 Å². The number of amides is 1. The van der Waals surface area contributed by atoms with Crippen molar-refractivity contribution in [2.24, 2.45) is 0 Å². The molecule has 0 aliphatic rings. The lowest BCUT2D eigenvalue weighted by atomic mass is 10.3. The number of rotatable bonds is 6. The Morgan fingerprint density at radius 3 is 3.09 bits per heavy atom. The number of hydrogen-bond donors (Lipinski definition) is 2. The standard InChI is InChI=1S/C14H15N5O3/c1-9-7-10(22-19-9)8-13(20)15-5-4-12-16-14(18-17-12)11-3-2-6-21-11/h2-3,6-7H,4-5,8H2,1H3,(H,15,20)(H,16,17,18). The van der Waals surface area contributed by atoms with Crippen molar-refractivity contribution in [1.82, 2.24) is 25.7 Å². The first kappa shape index (κ1) is 14.1. The van der Waals surface area contributed by atoms with Gasteiger partial charge in [-0.2, -0.15) is 5.10 Å². The predicted octanol–water partition coefficient (Wildman–Crippen LogP) is 1.26. The number of furan rings is 1. The van der Waals surface area contributed by atoms with Crippen LogP contribution < -0.4 is 5.32 Å². The number of H-pyrrole nitrogens is 1. The number of carbonyl (C=O) groups excluding carboxylic acids is 1. The van der Waals surface area contributed by atoms with E-state index in [4.69, 9.17) is 8.94 Å². The highest BCUT2D eigenvalue weighted by atomic mass is 16.5. The molecule has 0 radical (unpaired) electrons. The average Bonchev–Trinajstić information content (AvgIpc) is 3.20. The maximum Gasteiger partial charge on any atom is 0.227 e. The predicted molar refractivity (Wildman–Crippen MR) is 75.7 cm³/mol. The lowest BCUT2D eigenvalue weighted by Crippen LogP contribution is -2.27. The maximum atomic E-state index is 11.7. The van der Waals surface area contributed by atoms with Crippen molar-refractivity contribution in [2.45, 2.75) is 19.8 Å². The van der Waals surface area contributed by atoms with Gasteiger partial charge in [-0.1, -0.05) is 5.16 Å². The Morgan fingerprint density at radius 2 is 2.36 bits per heavy atom. The van der Waals surface area contributed by atoms with Gasteiger partial charge < -0.3 is 14.3 Å². The third-order valence-corrected chi connectivity index (χ3v) is 2.97. The molecule has 0 spiro atoms. The van der Waals surface area contributed by atoms with Crippen molar-refractivity contribution < 1.29 is 13.7 Å². The summed E-state index contributed by atoms with van der Waals surface area (Å²) in [5, 5.41) is 13.4. The summed E-state index contributed by atoms with van der Waals surface area (Å²) in [6.07, 6.45) is 2.29. The maximum absolute atomic E-state index is 11.7. The van der Waals surface area contributed by atoms with E-state index >= 15 is 0 Å². The molecular weight excluding hydrogens is 286 g/mol. The molecule has 0 saturated carbocycles. The summed E-state index contributed by atoms with van der Waals surface area (Å²) in [6.45, 7) is 2.27. The van der Waals surface area contributed by atoms with E-state index in [2.05, 4.69) is 25.7 Å². The van der Waals surface area contributed by atoms with Crippen LogP contribution in [0.1, 0.15) is 17.3 Å². The van der Waals surface area contributed by atoms with Crippen LogP contribution in [-0.4, -0.2) is 32.8 Å². The molecule has 22 heavy (non-hydrogen) atoms. The van der Waals surface area contributed by atoms with E-state index in [9.17, 15) is 4.79 Å². The Labute approximate surface area is 125 Å². The van der Waals surface area contributed by atoms with Crippen molar-refractivity contribution in [3.05, 3.63) is 41.7 Å². The minimum atomic E-state index is -0.123. The molecule has 0 bridgehead atoms. The fraction of sp³-hybridized carbons (Fsp3) is 0.286. The number of carbonyl (C=O) groups is 1. The van der Waals surface area contributed by atoms with Gasteiger partial charge in [-0.15, -0.1) is 0 Å². The van der Waals surface area contributed by atoms with Gasteiger partial charge in [-0.3, -0.25) is 9.89 Å². The average molecular weight is 301 g/mol. The number of aromatic amines is 1. The molecule has 0 saturated heterocycles. The van der Waals surface area contributed by atoms with Crippen LogP contribution in [0.5, 0.6) is 0 Å². The summed E-state index contributed by atoms with van der Waals surface area (Å²) in [7, 11) is 0. The number of nitrogens with zero attached hydrogens (tertiary/aromatic N) is 3. The van der Waals surface area contributed by atoms with Crippen molar-refractivity contribution in [2.75, 3.05) is 6.54 Å². The number of hydrogen-bond acceptors (Lipinski definition) is 6. The van der Waals surface area contributed by atoms with Crippen LogP contribution >= 0.6 is 0 Å². The molecule has 0 fully saturated rings. The highest BCUT2D eigenvalue weighted by Crippen LogP contribution is 2.14. The molecule has 0 unspecified atom stereocenters. The monoisotopic (exact) mass is 301 g/mol. The van der Waals surface area contributed by atoms with E-state index in [0.29, 0.717) is 36.1 Å². The number of aryl methyl sites for hydroxylation is 1. The molecule has 8 heteroatoms. The fourth-order valence-electron chi connectivity index (χ4n) is 1.96. The van der Waals surface area contributed by atoms with Gasteiger partial charge in [0, 0.05) is 19.0 Å². The van der Waals surface area contributed by atoms with E-state index in [1.807, 2.05) is 6.92 Å². The summed E-state index contributed by atoms with van der Waals surface area (Å²) in [5.74, 6) is 2.22. The van der Waals surface area contributed by atoms with Gasteiger partial charge in [-0.05, 0) is 19.1 Å². The van der Waals surface area contributed by atoms with E-state index in [-0.39, 0.29) is 12.3 Å². The van der Waals surface area contributed by atoms with Gasteiger partial charge in [0.1, 0.15) is 11.6 Å². The van der Waals surface area contributed by atoms with E-state index in [1.165, 1.54) is 0 Å². The zero-order chi connectivity index (χ0) is 15.4. The van der Waals surface area contributed by atoms with Crippen LogP contribution in [0.2, 0.25) is 0 Å². The molecule has 3 heterocycles. The van der Waals surface area contributed by atoms with Crippen molar-refractivity contribution in [3.63, 3.8) is 0 Å². The highest BCUT2D eigenvalue weighted by molar-refractivity contribution is 5.77. The van der Waals surface area contributed by atoms with Gasteiger partial charge in [-0.25, -0.2) is 4.98 Å². The van der Waals surface area contributed by atoms with Gasteiger partial charge in [0.15, 0.2) is 5.76 Å². The molecule has 0 aromatic carbocycles. The SMILES string of the molecule is Cc1cc(CC(=O)NCCc2nc(-c3ccco3)n[nH]2)on1. The number of aromatic nitrogens is 4. The summed E-state index contributed by atoms with van der Waals surface area (Å²) in [6, 6.07) is 5.30. The van der Waals surface area contributed by atoms with Crippen molar-refractivity contribution in [1.29, 1.82) is 0 Å². The molecule has 3 rings (SSSR count). The van der Waals surface area contributed by atoms with Crippen LogP contribution in [0.4, 0.5) is 0 Å². The summed E-state index contributed by atoms with van der Waals surface area (Å²) >= 11 is 0. The van der Waals surface area contributed by atoms with Crippen molar-refractivity contribution >= 4 is 5.91 Å². The van der Waals surface area contributed by atoms with Crippen LogP contribution in [0.15, 0.2) is 33.4 Å². The first-order valence-corrected chi connectivity index (χ1v) is 6.85. The third kappa shape index (κ3) is 3.40. The summed E-state index contributed by atoms with van der Waals surface area (Å²) < 4.78 is 10.2. The minimum Gasteiger partial charge on any atom is -0.461 e. The van der Waals surface area contributed by atoms with Crippen LogP contribution in [0, 0.1) is 6.92 Å². The van der Waals surface area contributed by atoms with Gasteiger partial charge >= 0.3 is 0 Å². The van der Waals surface area contributed by atoms with Crippen LogP contribution in [0.3, 0.4) is 0 Å². The molecule has 3 aromatic rings. The summed E-state index contributed by atoms with van der Waals surface area (Å²) in [4.78, 5) is 16.0. The molecule has 2 N–H and O–H groups in total. The second kappa shape index (κ2) is 6.25. The Bertz CT molecular complexity index is 744. The lowest BCUT2D eigenvalue weighted by Gasteiger charge is -2.01. The number of nitrogens with one attached hydrogen (secondary N) is 2. The van der Waals surface area contributed by atoms with Crippen LogP contribution in [-0.2, 0) is 17.6 Å². The van der Waals surface area contributed by atoms with E-state index < -0.39 is 0 Å². The Morgan fingerprint density at radius 1 is 1.45 bits per heavy atom. The molecule has 114 valence electrons. The Balaban J connectivity index is 1.46. The smallest absolute Gasteiger partial charge is 0.227 e. The minimum absolute atomic E-state index is 0.123. The molecule has 0 aliphatic heterocycles. The highest BCUT2D eigenvalue weighted by Gasteiger charge is 2.10. The third-order valence-electron chi connectivity index (χ3n) is 2.97. The first-order valence-electron chi connectivity index (χ1n) is 6.85. The second-order valence-electron chi connectivity index (χ2n) is 4.79. The Hall–Kier alpha value is -2.90. The molecule has 1 amide bonds. The largest absolute Gasteiger partial charge is 0.461 e. The topological polar surface area (TPSA) is 110 Å². The van der Waals surface area contributed by atoms with Gasteiger partial charge in [0.2, 0.25) is 11.7 Å². The normalized spacial score (nSPS) is 10.8. The first-order chi connectivity index (χ1) is 10.7. The zero-order valence-corrected chi connectivity index (χ0v) is 12.0. The second-order valence-corrected chi connectivity index (χ2v) is 4.79. The molecule has 0 aliphatic carbocycles. The Kier molecular flexibility index (Phi) is 3.99. The van der Waals surface area contributed by atoms with Crippen LogP contribution in [0.25, 0.3) is 11.6 Å². The summed E-state index contributed by atoms with van der Waals surface area (Å²) in [5.41, 5.74) is 0.759. The molecule has 3 aromatic heterocycles. The van der Waals surface area contributed by atoms with Gasteiger partial charge in [0.05, 0.1) is 18.4 Å². The van der Waals surface area contributed by atoms with E-state index in [0.717, 1.165) is 5.69 Å². The quantitative estimate of drug-likeness (QED) is 0.709. The van der Waals surface area contributed by atoms with Gasteiger partial charge in [0.25, 0.3) is 0 Å². The lowest BCUT2D eigenvalue weighted by molar-refractivity contribution is -0.120.